The van der Waals surface area contributed by atoms with Crippen LogP contribution in [-0.4, -0.2) is 46.4 Å². The second kappa shape index (κ2) is 12.5. The van der Waals surface area contributed by atoms with Crippen LogP contribution in [0, 0.1) is 23.2 Å². The second-order valence-electron chi connectivity index (χ2n) is 12.5. The van der Waals surface area contributed by atoms with Crippen LogP contribution in [-0.2, 0) is 11.2 Å². The molecule has 0 unspecified atom stereocenters. The molecule has 1 aromatic carbocycles. The highest BCUT2D eigenvalue weighted by Crippen LogP contribution is 2.63. The monoisotopic (exact) mass is 515 g/mol. The number of halogens is 1. The predicted molar refractivity (Wildman–Crippen MR) is 147 cm³/mol. The summed E-state index contributed by atoms with van der Waals surface area (Å²) in [6, 6.07) is 5.53. The second-order valence-corrected chi connectivity index (χ2v) is 12.5. The molecule has 3 aliphatic carbocycles. The van der Waals surface area contributed by atoms with Crippen molar-refractivity contribution >= 4 is 5.91 Å². The van der Waals surface area contributed by atoms with Gasteiger partial charge in [0, 0.05) is 25.4 Å². The molecule has 208 valence electrons. The molecule has 0 aromatic heterocycles. The van der Waals surface area contributed by atoms with E-state index in [1.165, 1.54) is 19.3 Å². The van der Waals surface area contributed by atoms with Crippen LogP contribution >= 0.6 is 0 Å². The van der Waals surface area contributed by atoms with Crippen molar-refractivity contribution in [3.05, 3.63) is 29.3 Å². The zero-order valence-corrected chi connectivity index (χ0v) is 23.4. The van der Waals surface area contributed by atoms with Crippen LogP contribution in [0.5, 0.6) is 5.75 Å². The van der Waals surface area contributed by atoms with Gasteiger partial charge in [-0.1, -0.05) is 58.9 Å². The van der Waals surface area contributed by atoms with E-state index in [4.69, 9.17) is 0 Å². The van der Waals surface area contributed by atoms with E-state index in [1.807, 2.05) is 19.1 Å². The molecular weight excluding hydrogens is 465 g/mol. The van der Waals surface area contributed by atoms with Crippen LogP contribution in [0.4, 0.5) is 4.39 Å². The lowest BCUT2D eigenvalue weighted by Gasteiger charge is -2.54. The number of fused-ring (bicyclic) bond motifs is 5. The number of nitrogens with zero attached hydrogens (tertiary/aromatic N) is 1. The van der Waals surface area contributed by atoms with Gasteiger partial charge in [-0.3, -0.25) is 4.79 Å². The number of phenolic OH excluding ortho intramolecular Hbond substituents is 1. The first-order valence-electron chi connectivity index (χ1n) is 15.2. The molecule has 3 aliphatic rings. The molecule has 0 heterocycles. The summed E-state index contributed by atoms with van der Waals surface area (Å²) in [4.78, 5) is 14.5. The van der Waals surface area contributed by atoms with Crippen molar-refractivity contribution in [1.29, 1.82) is 0 Å². The van der Waals surface area contributed by atoms with Crippen molar-refractivity contribution in [3.8, 4) is 5.75 Å². The van der Waals surface area contributed by atoms with Gasteiger partial charge in [-0.05, 0) is 91.4 Å². The first-order chi connectivity index (χ1) is 17.8. The van der Waals surface area contributed by atoms with Gasteiger partial charge in [0.25, 0.3) is 0 Å². The van der Waals surface area contributed by atoms with Crippen LogP contribution in [0.2, 0.25) is 0 Å². The minimum Gasteiger partial charge on any atom is -0.508 e. The SMILES string of the molecule is CCCCCCN(CCCCC[C@@H]1Cc2cc(O)ccc2[C@@H]2[C@@H]1[C@@H]1CC[C@H](O)[C@@]1(C)C[C@@H]2F)C(=O)CC. The van der Waals surface area contributed by atoms with Gasteiger partial charge >= 0.3 is 0 Å². The molecule has 4 rings (SSSR count). The first kappa shape index (κ1) is 28.4. The minimum atomic E-state index is -0.952. The van der Waals surface area contributed by atoms with Crippen molar-refractivity contribution in [3.63, 3.8) is 0 Å². The molecule has 2 fully saturated rings. The van der Waals surface area contributed by atoms with Crippen LogP contribution < -0.4 is 0 Å². The predicted octanol–water partition coefficient (Wildman–Crippen LogP) is 7.16. The largest absolute Gasteiger partial charge is 0.508 e. The van der Waals surface area contributed by atoms with Gasteiger partial charge < -0.3 is 15.1 Å². The lowest BCUT2D eigenvalue weighted by molar-refractivity contribution is -0.131. The Morgan fingerprint density at radius 1 is 1.08 bits per heavy atom. The normalized spacial score (nSPS) is 32.5. The number of aromatic hydroxyl groups is 1. The van der Waals surface area contributed by atoms with Crippen molar-refractivity contribution in [2.45, 2.75) is 122 Å². The molecule has 0 spiro atoms. The Hall–Kier alpha value is -1.62. The number of aliphatic hydroxyl groups excluding tert-OH is 1. The standard InChI is InChI=1S/C32H50FNO3/c1-4-6-7-10-17-34(29(37)5-2)18-11-8-9-12-22-19-23-20-24(35)13-14-25(23)31-27(33)21-32(3)26(30(22)31)15-16-28(32)36/h13-14,20,22,26-28,30-31,35-36H,4-12,15-19,21H2,1-3H3/t22-,26+,27+,28+,30+,31+,32+/m1/s1. The summed E-state index contributed by atoms with van der Waals surface area (Å²) in [7, 11) is 0. The minimum absolute atomic E-state index is 0.126. The van der Waals surface area contributed by atoms with Crippen LogP contribution in [0.25, 0.3) is 0 Å². The topological polar surface area (TPSA) is 60.8 Å². The average Bonchev–Trinajstić information content (AvgIpc) is 3.17. The maximum absolute atomic E-state index is 15.9. The number of unbranched alkanes of at least 4 members (excludes halogenated alkanes) is 5. The van der Waals surface area contributed by atoms with Gasteiger partial charge in [-0.15, -0.1) is 0 Å². The van der Waals surface area contributed by atoms with Crippen molar-refractivity contribution in [2.75, 3.05) is 13.1 Å². The summed E-state index contributed by atoms with van der Waals surface area (Å²) in [5.74, 6) is 1.38. The highest BCUT2D eigenvalue weighted by molar-refractivity contribution is 5.75. The molecule has 5 heteroatoms. The fourth-order valence-corrected chi connectivity index (χ4v) is 8.23. The third kappa shape index (κ3) is 6.02. The summed E-state index contributed by atoms with van der Waals surface area (Å²) in [5.41, 5.74) is 1.88. The smallest absolute Gasteiger partial charge is 0.222 e. The van der Waals surface area contributed by atoms with E-state index in [1.54, 1.807) is 6.07 Å². The zero-order valence-electron chi connectivity index (χ0n) is 23.4. The molecule has 0 bridgehead atoms. The quantitative estimate of drug-likeness (QED) is 0.290. The van der Waals surface area contributed by atoms with Crippen LogP contribution in [0.3, 0.4) is 0 Å². The number of carbonyl (C=O) groups excluding carboxylic acids is 1. The molecule has 2 N–H and O–H groups in total. The fraction of sp³-hybridized carbons (Fsp3) is 0.781. The number of aliphatic hydroxyl groups is 1. The van der Waals surface area contributed by atoms with Gasteiger partial charge in [-0.25, -0.2) is 4.39 Å². The summed E-state index contributed by atoms with van der Waals surface area (Å²) in [6.45, 7) is 8.00. The third-order valence-corrected chi connectivity index (χ3v) is 10.2. The Bertz CT molecular complexity index is 906. The lowest BCUT2D eigenvalue weighted by atomic mass is 9.51. The molecule has 1 aromatic rings. The number of carbonyl (C=O) groups is 1. The molecule has 0 radical (unpaired) electrons. The van der Waals surface area contributed by atoms with Crippen LogP contribution in [0.1, 0.15) is 115 Å². The van der Waals surface area contributed by atoms with E-state index in [-0.39, 0.29) is 28.9 Å². The summed E-state index contributed by atoms with van der Waals surface area (Å²) >= 11 is 0. The maximum Gasteiger partial charge on any atom is 0.222 e. The van der Waals surface area contributed by atoms with E-state index in [2.05, 4.69) is 18.7 Å². The molecular formula is C32H50FNO3. The first-order valence-corrected chi connectivity index (χ1v) is 15.2. The molecule has 7 atom stereocenters. The van der Waals surface area contributed by atoms with Gasteiger partial charge in [0.15, 0.2) is 0 Å². The van der Waals surface area contributed by atoms with Crippen molar-refractivity contribution < 1.29 is 19.4 Å². The van der Waals surface area contributed by atoms with Crippen LogP contribution in [0.15, 0.2) is 18.2 Å². The van der Waals surface area contributed by atoms with E-state index in [0.29, 0.717) is 24.7 Å². The van der Waals surface area contributed by atoms with Crippen molar-refractivity contribution in [1.82, 2.24) is 4.90 Å². The highest BCUT2D eigenvalue weighted by Gasteiger charge is 2.59. The number of phenols is 1. The Kier molecular flexibility index (Phi) is 9.58. The van der Waals surface area contributed by atoms with Gasteiger partial charge in [-0.2, -0.15) is 0 Å². The Labute approximate surface area is 224 Å². The van der Waals surface area contributed by atoms with Crippen molar-refractivity contribution in [2.24, 2.45) is 23.2 Å². The fourth-order valence-electron chi connectivity index (χ4n) is 8.23. The summed E-state index contributed by atoms with van der Waals surface area (Å²) in [5, 5.41) is 21.0. The van der Waals surface area contributed by atoms with Gasteiger partial charge in [0.05, 0.1) is 6.10 Å². The number of amides is 1. The molecule has 37 heavy (non-hydrogen) atoms. The highest BCUT2D eigenvalue weighted by atomic mass is 19.1. The Balaban J connectivity index is 1.40. The van der Waals surface area contributed by atoms with Gasteiger partial charge in [0.2, 0.25) is 5.91 Å². The van der Waals surface area contributed by atoms with E-state index in [9.17, 15) is 15.0 Å². The summed E-state index contributed by atoms with van der Waals surface area (Å²) < 4.78 is 15.9. The molecule has 2 saturated carbocycles. The third-order valence-electron chi connectivity index (χ3n) is 10.2. The summed E-state index contributed by atoms with van der Waals surface area (Å²) in [6.07, 6.45) is 11.2. The van der Waals surface area contributed by atoms with E-state index >= 15 is 4.39 Å². The maximum atomic E-state index is 15.9. The molecule has 0 saturated heterocycles. The molecule has 1 amide bonds. The Morgan fingerprint density at radius 2 is 1.81 bits per heavy atom. The average molecular weight is 516 g/mol. The van der Waals surface area contributed by atoms with Gasteiger partial charge in [0.1, 0.15) is 11.9 Å². The molecule has 4 nitrogen and oxygen atoms in total. The number of rotatable bonds is 12. The number of alkyl halides is 1. The Morgan fingerprint density at radius 3 is 2.51 bits per heavy atom. The molecule has 0 aliphatic heterocycles. The van der Waals surface area contributed by atoms with E-state index < -0.39 is 12.3 Å². The lowest BCUT2D eigenvalue weighted by Crippen LogP contribution is -2.51. The number of hydrogen-bond acceptors (Lipinski definition) is 3. The van der Waals surface area contributed by atoms with E-state index in [0.717, 1.165) is 75.6 Å². The number of hydrogen-bond donors (Lipinski definition) is 2. The zero-order chi connectivity index (χ0) is 26.6. The number of benzene rings is 1.